The van der Waals surface area contributed by atoms with Gasteiger partial charge in [-0.1, -0.05) is 31.9 Å². The predicted octanol–water partition coefficient (Wildman–Crippen LogP) is 0.814. The van der Waals surface area contributed by atoms with Crippen molar-refractivity contribution in [2.75, 3.05) is 0 Å². The third-order valence-corrected chi connectivity index (χ3v) is 9.46. The van der Waals surface area contributed by atoms with Gasteiger partial charge in [0, 0.05) is 0 Å². The van der Waals surface area contributed by atoms with Crippen LogP contribution < -0.4 is 5.82 Å². The molecule has 0 unspecified atom stereocenters. The van der Waals surface area contributed by atoms with Crippen LogP contribution in [0.5, 0.6) is 0 Å². The van der Waals surface area contributed by atoms with Gasteiger partial charge in [-0.15, -0.1) is 0 Å². The van der Waals surface area contributed by atoms with E-state index in [9.17, 15) is 22.8 Å². The quantitative estimate of drug-likeness (QED) is 0.338. The van der Waals surface area contributed by atoms with Gasteiger partial charge in [0.25, 0.3) is 5.91 Å². The van der Waals surface area contributed by atoms with E-state index in [0.717, 1.165) is 4.90 Å². The van der Waals surface area contributed by atoms with Gasteiger partial charge in [-0.3, -0.25) is 4.79 Å². The number of ether oxygens (including phenoxy) is 1. The second-order valence-corrected chi connectivity index (χ2v) is 12.4. The van der Waals surface area contributed by atoms with Crippen LogP contribution in [0.25, 0.3) is 0 Å². The van der Waals surface area contributed by atoms with Gasteiger partial charge in [0.1, 0.15) is 10.8 Å². The topological polar surface area (TPSA) is 124 Å². The van der Waals surface area contributed by atoms with Crippen molar-refractivity contribution in [1.29, 1.82) is 0 Å². The normalized spacial score (nSPS) is 28.4. The van der Waals surface area contributed by atoms with Gasteiger partial charge >= 0.3 is 11.8 Å². The van der Waals surface area contributed by atoms with E-state index in [0.29, 0.717) is 0 Å². The first-order valence-corrected chi connectivity index (χ1v) is 10.2. The van der Waals surface area contributed by atoms with E-state index in [-0.39, 0.29) is 11.5 Å². The smallest absolute Gasteiger partial charge is 0.456 e. The lowest BCUT2D eigenvalue weighted by molar-refractivity contribution is -0.162. The summed E-state index contributed by atoms with van der Waals surface area (Å²) >= 11 is 6.12. The van der Waals surface area contributed by atoms with Crippen molar-refractivity contribution >= 4 is 53.6 Å². The molecular formula is C13H13Br2NO8S. The van der Waals surface area contributed by atoms with Crippen LogP contribution in [0.1, 0.15) is 25.4 Å². The van der Waals surface area contributed by atoms with E-state index in [1.54, 1.807) is 0 Å². The molecule has 2 aliphatic heterocycles. The summed E-state index contributed by atoms with van der Waals surface area (Å²) in [5, 5.41) is -1.23. The molecule has 0 aliphatic carbocycles. The highest BCUT2D eigenvalue weighted by molar-refractivity contribution is 9.26. The van der Waals surface area contributed by atoms with Crippen LogP contribution in [0.15, 0.2) is 13.6 Å². The second kappa shape index (κ2) is 5.43. The zero-order valence-corrected chi connectivity index (χ0v) is 17.2. The van der Waals surface area contributed by atoms with Crippen LogP contribution in [0, 0.1) is 6.92 Å². The summed E-state index contributed by atoms with van der Waals surface area (Å²) < 4.78 is 36.9. The molecule has 0 radical (unpaired) electrons. The van der Waals surface area contributed by atoms with Gasteiger partial charge in [0.15, 0.2) is 36.6 Å². The van der Waals surface area contributed by atoms with Crippen LogP contribution in [-0.2, 0) is 30.8 Å². The minimum Gasteiger partial charge on any atom is -0.456 e. The first-order valence-electron chi connectivity index (χ1n) is 7.03. The monoisotopic (exact) mass is 501 g/mol. The first kappa shape index (κ1) is 18.6. The maximum Gasteiger partial charge on any atom is 0.519 e. The molecule has 3 heterocycles. The summed E-state index contributed by atoms with van der Waals surface area (Å²) in [7, 11) is -3.87. The maximum absolute atomic E-state index is 12.7. The molecule has 1 aromatic rings. The van der Waals surface area contributed by atoms with Crippen LogP contribution in [0.3, 0.4) is 0 Å². The van der Waals surface area contributed by atoms with Crippen molar-refractivity contribution in [2.24, 2.45) is 0 Å². The summed E-state index contributed by atoms with van der Waals surface area (Å²) in [4.78, 5) is 36.8. The van der Waals surface area contributed by atoms with Gasteiger partial charge in [0.05, 0.1) is 0 Å². The molecule has 2 aliphatic rings. The Kier molecular flexibility index (Phi) is 4.05. The summed E-state index contributed by atoms with van der Waals surface area (Å²) in [6.07, 6.45) is 0. The molecule has 0 spiro atoms. The number of β-lactam (4-membered cyclic amide) rings is 1. The molecule has 2 atom stereocenters. The molecule has 0 N–H and O–H groups in total. The van der Waals surface area contributed by atoms with Gasteiger partial charge in [-0.25, -0.2) is 18.0 Å². The lowest BCUT2D eigenvalue weighted by Gasteiger charge is -2.45. The largest absolute Gasteiger partial charge is 0.519 e. The molecule has 138 valence electrons. The minimum atomic E-state index is -3.87. The molecule has 1 aromatic heterocycles. The predicted molar refractivity (Wildman–Crippen MR) is 89.8 cm³/mol. The van der Waals surface area contributed by atoms with Gasteiger partial charge in [-0.05, 0) is 20.8 Å². The standard InChI is InChI=1S/C13H13Br2NO8S/c1-5-6(24-11(19)23-5)4-22-8(17)7-12(2,3)25(20,21)10-13(14,15)9(18)16(7)10/h7,10H,4H2,1-3H3/t7-,10+/m0/s1. The fourth-order valence-electron chi connectivity index (χ4n) is 2.99. The van der Waals surface area contributed by atoms with Crippen LogP contribution in [0.4, 0.5) is 0 Å². The summed E-state index contributed by atoms with van der Waals surface area (Å²) in [5.74, 6) is -2.27. The van der Waals surface area contributed by atoms with Gasteiger partial charge < -0.3 is 18.5 Å². The third kappa shape index (κ3) is 2.36. The highest BCUT2D eigenvalue weighted by Gasteiger charge is 2.77. The first-order chi connectivity index (χ1) is 11.3. The summed E-state index contributed by atoms with van der Waals surface area (Å²) in [5.41, 5.74) is 0. The lowest BCUT2D eigenvalue weighted by Crippen LogP contribution is -2.69. The molecule has 12 heteroatoms. The van der Waals surface area contributed by atoms with Crippen molar-refractivity contribution < 1.29 is 31.6 Å². The fraction of sp³-hybridized carbons (Fsp3) is 0.615. The van der Waals surface area contributed by atoms with E-state index in [1.807, 2.05) is 0 Å². The van der Waals surface area contributed by atoms with E-state index >= 15 is 0 Å². The number of hydrogen-bond acceptors (Lipinski definition) is 8. The number of halogens is 2. The van der Waals surface area contributed by atoms with Crippen molar-refractivity contribution in [3.05, 3.63) is 22.1 Å². The van der Waals surface area contributed by atoms with Crippen molar-refractivity contribution in [3.63, 3.8) is 0 Å². The third-order valence-electron chi connectivity index (χ3n) is 4.45. The maximum atomic E-state index is 12.7. The Hall–Kier alpha value is -1.14. The van der Waals surface area contributed by atoms with Gasteiger partial charge in [0.2, 0.25) is 0 Å². The molecule has 2 saturated heterocycles. The number of sulfone groups is 1. The Morgan fingerprint density at radius 3 is 2.40 bits per heavy atom. The Morgan fingerprint density at radius 1 is 1.28 bits per heavy atom. The summed E-state index contributed by atoms with van der Waals surface area (Å²) in [6.45, 7) is 3.76. The number of hydrogen-bond donors (Lipinski definition) is 0. The lowest BCUT2D eigenvalue weighted by atomic mass is 9.98. The molecule has 9 nitrogen and oxygen atoms in total. The molecule has 1 amide bonds. The average Bonchev–Trinajstić information content (AvgIpc) is 2.87. The molecular weight excluding hydrogens is 490 g/mol. The minimum absolute atomic E-state index is 0.0128. The van der Waals surface area contributed by atoms with Crippen molar-refractivity contribution in [1.82, 2.24) is 4.90 Å². The van der Waals surface area contributed by atoms with Crippen molar-refractivity contribution in [2.45, 2.75) is 46.8 Å². The number of alkyl halides is 2. The van der Waals surface area contributed by atoms with E-state index < -0.39 is 53.5 Å². The Labute approximate surface area is 158 Å². The Bertz CT molecular complexity index is 928. The highest BCUT2D eigenvalue weighted by atomic mass is 79.9. The van der Waals surface area contributed by atoms with Crippen LogP contribution in [0.2, 0.25) is 0 Å². The number of esters is 1. The fourth-order valence-corrected chi connectivity index (χ4v) is 7.42. The van der Waals surface area contributed by atoms with Crippen LogP contribution in [-0.4, -0.2) is 44.6 Å². The number of rotatable bonds is 3. The van der Waals surface area contributed by atoms with Crippen molar-refractivity contribution in [3.8, 4) is 0 Å². The summed E-state index contributed by atoms with van der Waals surface area (Å²) in [6, 6.07) is -1.32. The number of carbonyl (C=O) groups is 2. The van der Waals surface area contributed by atoms with E-state index in [4.69, 9.17) is 9.15 Å². The Morgan fingerprint density at radius 2 is 1.88 bits per heavy atom. The molecule has 0 bridgehead atoms. The Balaban J connectivity index is 1.88. The number of nitrogens with zero attached hydrogens (tertiary/aromatic N) is 1. The average molecular weight is 503 g/mol. The van der Waals surface area contributed by atoms with Crippen LogP contribution >= 0.6 is 31.9 Å². The molecule has 2 fully saturated rings. The number of fused-ring (bicyclic) bond motifs is 1. The SMILES string of the molecule is Cc1oc(=O)oc1COC(=O)[C@@H]1N2C(=O)C(Br)(Br)[C@H]2S(=O)(=O)C1(C)C. The molecule has 25 heavy (non-hydrogen) atoms. The molecule has 0 aromatic carbocycles. The number of carbonyl (C=O) groups excluding carboxylic acids is 2. The number of amides is 1. The van der Waals surface area contributed by atoms with E-state index in [1.165, 1.54) is 20.8 Å². The van der Waals surface area contributed by atoms with Gasteiger partial charge in [-0.2, -0.15) is 0 Å². The molecule has 0 saturated carbocycles. The zero-order chi connectivity index (χ0) is 18.9. The molecule has 3 rings (SSSR count). The second-order valence-electron chi connectivity index (χ2n) is 6.28. The zero-order valence-electron chi connectivity index (χ0n) is 13.2. The number of aryl methyl sites for hydroxylation is 1. The van der Waals surface area contributed by atoms with E-state index in [2.05, 4.69) is 36.3 Å². The highest BCUT2D eigenvalue weighted by Crippen LogP contribution is 2.56.